The molecule has 2 fully saturated rings. The molecule has 2 aromatic rings. The van der Waals surface area contributed by atoms with Gasteiger partial charge in [-0.25, -0.2) is 0 Å². The summed E-state index contributed by atoms with van der Waals surface area (Å²) >= 11 is 0. The quantitative estimate of drug-likeness (QED) is 0.540. The van der Waals surface area contributed by atoms with Crippen LogP contribution in [0.1, 0.15) is 66.9 Å². The van der Waals surface area contributed by atoms with Gasteiger partial charge >= 0.3 is 0 Å². The molecule has 4 rings (SSSR count). The lowest BCUT2D eigenvalue weighted by Gasteiger charge is -2.28. The largest absolute Gasteiger partial charge is 0.493 e. The summed E-state index contributed by atoms with van der Waals surface area (Å²) in [5.41, 5.74) is 1.82. The first kappa shape index (κ1) is 25.7. The number of carbonyl (C=O) groups excluding carboxylic acids is 2. The SMILES string of the molecule is COc1ccc([C@@H]2CCCN2C(=O)c2cc(OC)c(OC)cc2NC(=O)C2CCCCC2)cc1OC. The van der Waals surface area contributed by atoms with E-state index >= 15 is 0 Å². The van der Waals surface area contributed by atoms with Gasteiger partial charge in [0.15, 0.2) is 23.0 Å². The third-order valence-corrected chi connectivity index (χ3v) is 7.29. The lowest BCUT2D eigenvalue weighted by Crippen LogP contribution is -2.32. The monoisotopic (exact) mass is 496 g/mol. The highest BCUT2D eigenvalue weighted by atomic mass is 16.5. The van der Waals surface area contributed by atoms with Crippen molar-refractivity contribution >= 4 is 17.5 Å². The normalized spacial score (nSPS) is 18.0. The average molecular weight is 497 g/mol. The van der Waals surface area contributed by atoms with Crippen LogP contribution in [0.15, 0.2) is 30.3 Å². The van der Waals surface area contributed by atoms with E-state index < -0.39 is 0 Å². The van der Waals surface area contributed by atoms with Crippen molar-refractivity contribution in [1.82, 2.24) is 4.90 Å². The van der Waals surface area contributed by atoms with Crippen LogP contribution in [0.2, 0.25) is 0 Å². The van der Waals surface area contributed by atoms with Crippen LogP contribution in [-0.2, 0) is 4.79 Å². The van der Waals surface area contributed by atoms with E-state index in [9.17, 15) is 9.59 Å². The van der Waals surface area contributed by atoms with Gasteiger partial charge in [-0.05, 0) is 49.4 Å². The number of likely N-dealkylation sites (tertiary alicyclic amines) is 1. The van der Waals surface area contributed by atoms with Crippen molar-refractivity contribution in [2.24, 2.45) is 5.92 Å². The van der Waals surface area contributed by atoms with Crippen molar-refractivity contribution in [3.8, 4) is 23.0 Å². The Morgan fingerprint density at radius 3 is 2.08 bits per heavy atom. The van der Waals surface area contributed by atoms with E-state index in [1.165, 1.54) is 7.11 Å². The molecule has 2 amide bonds. The summed E-state index contributed by atoms with van der Waals surface area (Å²) in [6, 6.07) is 9.00. The summed E-state index contributed by atoms with van der Waals surface area (Å²) in [7, 11) is 6.28. The molecule has 1 heterocycles. The molecule has 0 bridgehead atoms. The first-order chi connectivity index (χ1) is 17.5. The number of hydrogen-bond donors (Lipinski definition) is 1. The van der Waals surface area contributed by atoms with Crippen LogP contribution in [0, 0.1) is 5.92 Å². The topological polar surface area (TPSA) is 86.3 Å². The summed E-state index contributed by atoms with van der Waals surface area (Å²) < 4.78 is 21.8. The number of benzene rings is 2. The second-order valence-corrected chi connectivity index (χ2v) is 9.35. The van der Waals surface area contributed by atoms with Crippen molar-refractivity contribution in [3.63, 3.8) is 0 Å². The van der Waals surface area contributed by atoms with E-state index in [0.29, 0.717) is 40.8 Å². The van der Waals surface area contributed by atoms with Gasteiger partial charge in [-0.3, -0.25) is 9.59 Å². The number of hydrogen-bond acceptors (Lipinski definition) is 6. The average Bonchev–Trinajstić information content (AvgIpc) is 3.42. The second kappa shape index (κ2) is 11.5. The van der Waals surface area contributed by atoms with E-state index in [2.05, 4.69) is 5.32 Å². The van der Waals surface area contributed by atoms with Crippen molar-refractivity contribution in [1.29, 1.82) is 0 Å². The Morgan fingerprint density at radius 2 is 1.42 bits per heavy atom. The number of carbonyl (C=O) groups is 2. The van der Waals surface area contributed by atoms with Gasteiger partial charge in [0.1, 0.15) is 0 Å². The Bertz CT molecular complexity index is 1100. The van der Waals surface area contributed by atoms with E-state index in [1.807, 2.05) is 23.1 Å². The lowest BCUT2D eigenvalue weighted by atomic mass is 9.88. The first-order valence-electron chi connectivity index (χ1n) is 12.6. The molecule has 36 heavy (non-hydrogen) atoms. The predicted molar refractivity (Wildman–Crippen MR) is 137 cm³/mol. The van der Waals surface area contributed by atoms with Crippen molar-refractivity contribution in [2.45, 2.75) is 51.0 Å². The lowest BCUT2D eigenvalue weighted by molar-refractivity contribution is -0.120. The van der Waals surface area contributed by atoms with Gasteiger partial charge in [0.05, 0.1) is 45.7 Å². The molecule has 0 unspecified atom stereocenters. The van der Waals surface area contributed by atoms with Gasteiger partial charge in [0, 0.05) is 18.5 Å². The van der Waals surface area contributed by atoms with Crippen LogP contribution in [0.25, 0.3) is 0 Å². The maximum absolute atomic E-state index is 14.0. The number of methoxy groups -OCH3 is 4. The summed E-state index contributed by atoms with van der Waals surface area (Å²) in [6.45, 7) is 0.613. The predicted octanol–water partition coefficient (Wildman–Crippen LogP) is 5.22. The maximum Gasteiger partial charge on any atom is 0.256 e. The molecule has 2 aromatic carbocycles. The molecule has 0 spiro atoms. The summed E-state index contributed by atoms with van der Waals surface area (Å²) in [6.07, 6.45) is 6.72. The Hall–Kier alpha value is -3.42. The zero-order valence-electron chi connectivity index (χ0n) is 21.6. The molecule has 0 radical (unpaired) electrons. The van der Waals surface area contributed by atoms with Gasteiger partial charge in [0.2, 0.25) is 5.91 Å². The van der Waals surface area contributed by atoms with Crippen LogP contribution >= 0.6 is 0 Å². The molecule has 8 heteroatoms. The summed E-state index contributed by atoms with van der Waals surface area (Å²) in [4.78, 5) is 28.9. The molecule has 1 N–H and O–H groups in total. The second-order valence-electron chi connectivity index (χ2n) is 9.35. The summed E-state index contributed by atoms with van der Waals surface area (Å²) in [5, 5.41) is 3.04. The number of amides is 2. The molecule has 1 saturated heterocycles. The molecule has 194 valence electrons. The van der Waals surface area contributed by atoms with Gasteiger partial charge < -0.3 is 29.2 Å². The number of nitrogens with zero attached hydrogens (tertiary/aromatic N) is 1. The van der Waals surface area contributed by atoms with Crippen molar-refractivity contribution in [3.05, 3.63) is 41.5 Å². The molecule has 8 nitrogen and oxygen atoms in total. The molecule has 1 atom stereocenters. The van der Waals surface area contributed by atoms with Crippen molar-refractivity contribution in [2.75, 3.05) is 40.3 Å². The van der Waals surface area contributed by atoms with Gasteiger partial charge in [-0.2, -0.15) is 0 Å². The number of nitrogens with one attached hydrogen (secondary N) is 1. The van der Waals surface area contributed by atoms with Crippen LogP contribution in [0.5, 0.6) is 23.0 Å². The van der Waals surface area contributed by atoms with Crippen LogP contribution in [0.4, 0.5) is 5.69 Å². The van der Waals surface area contributed by atoms with E-state index in [-0.39, 0.29) is 23.8 Å². The van der Waals surface area contributed by atoms with Crippen LogP contribution in [-0.4, -0.2) is 51.7 Å². The summed E-state index contributed by atoms with van der Waals surface area (Å²) in [5.74, 6) is 1.93. The minimum Gasteiger partial charge on any atom is -0.493 e. The Balaban J connectivity index is 1.67. The van der Waals surface area contributed by atoms with Crippen LogP contribution in [0.3, 0.4) is 0 Å². The molecule has 1 aliphatic carbocycles. The van der Waals surface area contributed by atoms with Gasteiger partial charge in [-0.15, -0.1) is 0 Å². The first-order valence-corrected chi connectivity index (χ1v) is 12.6. The molecular weight excluding hydrogens is 460 g/mol. The Kier molecular flexibility index (Phi) is 8.23. The highest BCUT2D eigenvalue weighted by molar-refractivity contribution is 6.05. The van der Waals surface area contributed by atoms with Crippen molar-refractivity contribution < 1.29 is 28.5 Å². The molecular formula is C28H36N2O6. The fourth-order valence-electron chi connectivity index (χ4n) is 5.33. The van der Waals surface area contributed by atoms with Crippen LogP contribution < -0.4 is 24.3 Å². The third-order valence-electron chi connectivity index (χ3n) is 7.29. The third kappa shape index (κ3) is 5.22. The van der Waals surface area contributed by atoms with E-state index in [4.69, 9.17) is 18.9 Å². The van der Waals surface area contributed by atoms with Gasteiger partial charge in [-0.1, -0.05) is 25.3 Å². The molecule has 2 aliphatic rings. The minimum absolute atomic E-state index is 0.0407. The zero-order chi connectivity index (χ0) is 25.7. The molecule has 1 aliphatic heterocycles. The number of rotatable bonds is 8. The number of ether oxygens (including phenoxy) is 4. The highest BCUT2D eigenvalue weighted by Gasteiger charge is 2.33. The Labute approximate surface area is 212 Å². The smallest absolute Gasteiger partial charge is 0.256 e. The fourth-order valence-corrected chi connectivity index (χ4v) is 5.33. The standard InChI is InChI=1S/C28H36N2O6/c1-33-23-13-12-19(15-24(23)34-2)22-11-8-14-30(22)28(32)20-16-25(35-3)26(36-4)17-21(20)29-27(31)18-9-6-5-7-10-18/h12-13,15-18,22H,5-11,14H2,1-4H3,(H,29,31)/t22-/m0/s1. The Morgan fingerprint density at radius 1 is 0.778 bits per heavy atom. The number of anilines is 1. The van der Waals surface area contributed by atoms with Gasteiger partial charge in [0.25, 0.3) is 5.91 Å². The van der Waals surface area contributed by atoms with E-state index in [0.717, 1.165) is 50.5 Å². The fraction of sp³-hybridized carbons (Fsp3) is 0.500. The highest BCUT2D eigenvalue weighted by Crippen LogP contribution is 2.40. The molecule has 0 aromatic heterocycles. The van der Waals surface area contributed by atoms with E-state index in [1.54, 1.807) is 33.5 Å². The zero-order valence-corrected chi connectivity index (χ0v) is 21.6. The minimum atomic E-state index is -0.160. The molecule has 1 saturated carbocycles. The maximum atomic E-state index is 14.0.